The van der Waals surface area contributed by atoms with Gasteiger partial charge in [-0.15, -0.1) is 0 Å². The van der Waals surface area contributed by atoms with Gasteiger partial charge in [-0.05, 0) is 64.5 Å². The Morgan fingerprint density at radius 3 is 2.29 bits per heavy atom. The highest BCUT2D eigenvalue weighted by Gasteiger charge is 2.32. The predicted molar refractivity (Wildman–Crippen MR) is 60.1 cm³/mol. The van der Waals surface area contributed by atoms with Gasteiger partial charge in [-0.3, -0.25) is 0 Å². The van der Waals surface area contributed by atoms with Crippen molar-refractivity contribution < 1.29 is 0 Å². The molecule has 2 nitrogen and oxygen atoms in total. The SMILES string of the molecule is CC(C1CC1)N(C)CCC(N)C1CC1. The Labute approximate surface area is 87.8 Å². The van der Waals surface area contributed by atoms with E-state index in [1.165, 1.54) is 38.6 Å². The van der Waals surface area contributed by atoms with Gasteiger partial charge < -0.3 is 10.6 Å². The molecule has 0 aliphatic heterocycles. The number of nitrogens with two attached hydrogens (primary N) is 1. The van der Waals surface area contributed by atoms with E-state index in [-0.39, 0.29) is 0 Å². The summed E-state index contributed by atoms with van der Waals surface area (Å²) in [4.78, 5) is 2.50. The van der Waals surface area contributed by atoms with Crippen molar-refractivity contribution in [2.24, 2.45) is 17.6 Å². The zero-order valence-corrected chi connectivity index (χ0v) is 9.58. The molecule has 2 N–H and O–H groups in total. The average Bonchev–Trinajstić information content (AvgIpc) is 3.05. The van der Waals surface area contributed by atoms with Gasteiger partial charge in [-0.1, -0.05) is 0 Å². The minimum atomic E-state index is 0.476. The summed E-state index contributed by atoms with van der Waals surface area (Å²) in [7, 11) is 2.25. The maximum absolute atomic E-state index is 6.09. The third kappa shape index (κ3) is 2.71. The molecule has 0 bridgehead atoms. The predicted octanol–water partition coefficient (Wildman–Crippen LogP) is 1.84. The first kappa shape index (κ1) is 10.4. The molecule has 0 spiro atoms. The molecule has 2 aliphatic rings. The van der Waals surface area contributed by atoms with E-state index in [1.54, 1.807) is 0 Å². The fraction of sp³-hybridized carbons (Fsp3) is 1.00. The summed E-state index contributed by atoms with van der Waals surface area (Å²) in [6, 6.07) is 1.25. The van der Waals surface area contributed by atoms with E-state index in [1.807, 2.05) is 0 Å². The minimum absolute atomic E-state index is 0.476. The van der Waals surface area contributed by atoms with Gasteiger partial charge in [-0.25, -0.2) is 0 Å². The van der Waals surface area contributed by atoms with Crippen LogP contribution in [0, 0.1) is 11.8 Å². The van der Waals surface area contributed by atoms with E-state index in [2.05, 4.69) is 18.9 Å². The van der Waals surface area contributed by atoms with Gasteiger partial charge in [0, 0.05) is 12.1 Å². The molecule has 14 heavy (non-hydrogen) atoms. The summed E-state index contributed by atoms with van der Waals surface area (Å²) < 4.78 is 0. The lowest BCUT2D eigenvalue weighted by Crippen LogP contribution is -2.35. The maximum Gasteiger partial charge on any atom is 0.00921 e. The Morgan fingerprint density at radius 1 is 1.21 bits per heavy atom. The third-order valence-corrected chi connectivity index (χ3v) is 4.04. The first-order valence-electron chi connectivity index (χ1n) is 6.14. The van der Waals surface area contributed by atoms with Crippen molar-refractivity contribution in [3.63, 3.8) is 0 Å². The maximum atomic E-state index is 6.09. The normalized spacial score (nSPS) is 26.6. The van der Waals surface area contributed by atoms with Gasteiger partial charge in [-0.2, -0.15) is 0 Å². The quantitative estimate of drug-likeness (QED) is 0.702. The topological polar surface area (TPSA) is 29.3 Å². The second-order valence-corrected chi connectivity index (χ2v) is 5.35. The van der Waals surface area contributed by atoms with Crippen molar-refractivity contribution in [2.75, 3.05) is 13.6 Å². The molecule has 0 heterocycles. The van der Waals surface area contributed by atoms with E-state index in [4.69, 9.17) is 5.73 Å². The molecule has 0 saturated heterocycles. The zero-order chi connectivity index (χ0) is 10.1. The van der Waals surface area contributed by atoms with E-state index < -0.39 is 0 Å². The molecule has 0 aromatic carbocycles. The summed E-state index contributed by atoms with van der Waals surface area (Å²) in [5.74, 6) is 1.84. The molecule has 82 valence electrons. The summed E-state index contributed by atoms with van der Waals surface area (Å²) in [5, 5.41) is 0. The van der Waals surface area contributed by atoms with Crippen LogP contribution in [0.15, 0.2) is 0 Å². The van der Waals surface area contributed by atoms with Gasteiger partial charge in [0.2, 0.25) is 0 Å². The highest BCUT2D eigenvalue weighted by molar-refractivity contribution is 4.87. The second kappa shape index (κ2) is 4.19. The van der Waals surface area contributed by atoms with Crippen LogP contribution in [0.2, 0.25) is 0 Å². The highest BCUT2D eigenvalue weighted by atomic mass is 15.1. The molecular weight excluding hydrogens is 172 g/mol. The van der Waals surface area contributed by atoms with Crippen molar-refractivity contribution in [1.82, 2.24) is 4.90 Å². The van der Waals surface area contributed by atoms with Crippen LogP contribution in [0.4, 0.5) is 0 Å². The molecule has 0 aromatic heterocycles. The summed E-state index contributed by atoms with van der Waals surface area (Å²) in [6.45, 7) is 3.55. The van der Waals surface area contributed by atoms with Crippen LogP contribution in [0.25, 0.3) is 0 Å². The standard InChI is InChI=1S/C12H24N2/c1-9(10-3-4-10)14(2)8-7-12(13)11-5-6-11/h9-12H,3-8,13H2,1-2H3. The highest BCUT2D eigenvalue weighted by Crippen LogP contribution is 2.35. The van der Waals surface area contributed by atoms with Gasteiger partial charge in [0.1, 0.15) is 0 Å². The van der Waals surface area contributed by atoms with Crippen LogP contribution >= 0.6 is 0 Å². The summed E-state index contributed by atoms with van der Waals surface area (Å²) in [5.41, 5.74) is 6.09. The number of hydrogen-bond donors (Lipinski definition) is 1. The molecule has 2 atom stereocenters. The van der Waals surface area contributed by atoms with E-state index in [0.29, 0.717) is 6.04 Å². The number of hydrogen-bond acceptors (Lipinski definition) is 2. The van der Waals surface area contributed by atoms with Gasteiger partial charge >= 0.3 is 0 Å². The van der Waals surface area contributed by atoms with E-state index in [9.17, 15) is 0 Å². The van der Waals surface area contributed by atoms with Crippen LogP contribution in [-0.2, 0) is 0 Å². The largest absolute Gasteiger partial charge is 0.327 e. The lowest BCUT2D eigenvalue weighted by Gasteiger charge is -2.25. The average molecular weight is 196 g/mol. The first-order valence-corrected chi connectivity index (χ1v) is 6.14. The lowest BCUT2D eigenvalue weighted by molar-refractivity contribution is 0.224. The van der Waals surface area contributed by atoms with Gasteiger partial charge in [0.05, 0.1) is 0 Å². The van der Waals surface area contributed by atoms with Crippen LogP contribution in [0.1, 0.15) is 39.0 Å². The Hall–Kier alpha value is -0.0800. The lowest BCUT2D eigenvalue weighted by atomic mass is 10.1. The van der Waals surface area contributed by atoms with Crippen molar-refractivity contribution >= 4 is 0 Å². The fourth-order valence-corrected chi connectivity index (χ4v) is 2.25. The van der Waals surface area contributed by atoms with Crippen molar-refractivity contribution in [3.05, 3.63) is 0 Å². The van der Waals surface area contributed by atoms with E-state index in [0.717, 1.165) is 17.9 Å². The fourth-order valence-electron chi connectivity index (χ4n) is 2.25. The monoisotopic (exact) mass is 196 g/mol. The number of nitrogens with zero attached hydrogens (tertiary/aromatic N) is 1. The number of rotatable bonds is 6. The first-order chi connectivity index (χ1) is 6.68. The summed E-state index contributed by atoms with van der Waals surface area (Å²) in [6.07, 6.45) is 6.84. The molecular formula is C12H24N2. The second-order valence-electron chi connectivity index (χ2n) is 5.35. The molecule has 2 aliphatic carbocycles. The molecule has 2 heteroatoms. The smallest absolute Gasteiger partial charge is 0.00921 e. The Balaban J connectivity index is 1.62. The molecule has 2 rings (SSSR count). The molecule has 2 unspecified atom stereocenters. The molecule has 2 fully saturated rings. The Morgan fingerprint density at radius 2 is 1.79 bits per heavy atom. The Bertz CT molecular complexity index is 185. The van der Waals surface area contributed by atoms with Crippen molar-refractivity contribution in [1.29, 1.82) is 0 Å². The third-order valence-electron chi connectivity index (χ3n) is 4.04. The molecule has 0 aromatic rings. The van der Waals surface area contributed by atoms with Crippen LogP contribution in [-0.4, -0.2) is 30.6 Å². The Kier molecular flexibility index (Phi) is 3.13. The van der Waals surface area contributed by atoms with Crippen LogP contribution in [0.5, 0.6) is 0 Å². The molecule has 0 radical (unpaired) electrons. The van der Waals surface area contributed by atoms with Crippen molar-refractivity contribution in [2.45, 2.75) is 51.1 Å². The summed E-state index contributed by atoms with van der Waals surface area (Å²) >= 11 is 0. The van der Waals surface area contributed by atoms with E-state index >= 15 is 0 Å². The van der Waals surface area contributed by atoms with Gasteiger partial charge in [0.25, 0.3) is 0 Å². The van der Waals surface area contributed by atoms with Crippen molar-refractivity contribution in [3.8, 4) is 0 Å². The van der Waals surface area contributed by atoms with Crippen LogP contribution in [0.3, 0.4) is 0 Å². The van der Waals surface area contributed by atoms with Crippen LogP contribution < -0.4 is 5.73 Å². The van der Waals surface area contributed by atoms with Gasteiger partial charge in [0.15, 0.2) is 0 Å². The molecule has 0 amide bonds. The molecule has 2 saturated carbocycles. The zero-order valence-electron chi connectivity index (χ0n) is 9.58. The minimum Gasteiger partial charge on any atom is -0.327 e.